The summed E-state index contributed by atoms with van der Waals surface area (Å²) >= 11 is 18.0. The molecular formula is C8H11Cl3O2. The number of rotatable bonds is 2. The topological polar surface area (TPSA) is 26.3 Å². The third-order valence-corrected chi connectivity index (χ3v) is 5.30. The lowest BCUT2D eigenvalue weighted by Crippen LogP contribution is -2.17. The summed E-state index contributed by atoms with van der Waals surface area (Å²) in [5, 5.41) is 0. The Morgan fingerprint density at radius 1 is 1.31 bits per heavy atom. The van der Waals surface area contributed by atoms with Crippen LogP contribution in [0.2, 0.25) is 0 Å². The van der Waals surface area contributed by atoms with Crippen LogP contribution >= 0.6 is 34.8 Å². The maximum absolute atomic E-state index is 10.6. The van der Waals surface area contributed by atoms with E-state index in [4.69, 9.17) is 39.5 Å². The molecule has 0 aromatic carbocycles. The highest BCUT2D eigenvalue weighted by Crippen LogP contribution is 2.74. The van der Waals surface area contributed by atoms with Gasteiger partial charge in [0.2, 0.25) is 0 Å². The molecule has 0 bridgehead atoms. The number of esters is 1. The number of carbonyl (C=O) groups is 1. The first-order valence-corrected chi connectivity index (χ1v) is 5.00. The molecule has 0 saturated heterocycles. The van der Waals surface area contributed by atoms with Crippen molar-refractivity contribution in [1.29, 1.82) is 0 Å². The summed E-state index contributed by atoms with van der Waals surface area (Å²) in [6.45, 7) is 5.01. The Morgan fingerprint density at radius 2 is 1.69 bits per heavy atom. The third kappa shape index (κ3) is 1.34. The normalized spacial score (nSPS) is 41.4. The largest absolute Gasteiger partial charge is 0.465 e. The molecule has 13 heavy (non-hydrogen) atoms. The van der Waals surface area contributed by atoms with Gasteiger partial charge in [0, 0.05) is 6.92 Å². The fourth-order valence-electron chi connectivity index (χ4n) is 1.30. The van der Waals surface area contributed by atoms with Crippen LogP contribution in [-0.4, -0.2) is 21.8 Å². The summed E-state index contributed by atoms with van der Waals surface area (Å²) in [7, 11) is 0. The molecule has 0 unspecified atom stereocenters. The molecule has 1 rings (SSSR count). The zero-order valence-electron chi connectivity index (χ0n) is 7.66. The molecular weight excluding hydrogens is 234 g/mol. The molecule has 1 aliphatic rings. The molecule has 0 N–H and O–H groups in total. The molecule has 0 heterocycles. The van der Waals surface area contributed by atoms with Crippen molar-refractivity contribution in [1.82, 2.24) is 0 Å². The molecule has 0 spiro atoms. The Labute approximate surface area is 92.5 Å². The lowest BCUT2D eigenvalue weighted by atomic mass is 10.1. The van der Waals surface area contributed by atoms with E-state index in [1.54, 1.807) is 13.8 Å². The molecule has 0 aromatic heterocycles. The van der Waals surface area contributed by atoms with E-state index >= 15 is 0 Å². The highest BCUT2D eigenvalue weighted by molar-refractivity contribution is 6.59. The Kier molecular flexibility index (Phi) is 2.56. The lowest BCUT2D eigenvalue weighted by molar-refractivity contribution is -0.142. The van der Waals surface area contributed by atoms with Crippen LogP contribution in [0, 0.1) is 5.41 Å². The van der Waals surface area contributed by atoms with Gasteiger partial charge in [-0.2, -0.15) is 0 Å². The van der Waals surface area contributed by atoms with Crippen LogP contribution in [0.15, 0.2) is 0 Å². The molecule has 2 atom stereocenters. The van der Waals surface area contributed by atoms with Crippen molar-refractivity contribution < 1.29 is 9.53 Å². The first kappa shape index (κ1) is 11.4. The van der Waals surface area contributed by atoms with Crippen LogP contribution in [0.1, 0.15) is 20.8 Å². The summed E-state index contributed by atoms with van der Waals surface area (Å²) in [5.41, 5.74) is -0.573. The van der Waals surface area contributed by atoms with Crippen LogP contribution in [-0.2, 0) is 9.53 Å². The van der Waals surface area contributed by atoms with E-state index in [0.29, 0.717) is 0 Å². The van der Waals surface area contributed by atoms with Gasteiger partial charge in [-0.3, -0.25) is 4.79 Å². The van der Waals surface area contributed by atoms with Gasteiger partial charge in [0.15, 0.2) is 0 Å². The number of carbonyl (C=O) groups excluding carboxylic acids is 1. The Balaban J connectivity index is 2.66. The van der Waals surface area contributed by atoms with Crippen LogP contribution in [0.5, 0.6) is 0 Å². The van der Waals surface area contributed by atoms with Gasteiger partial charge in [-0.15, -0.1) is 11.6 Å². The van der Waals surface area contributed by atoms with E-state index < -0.39 is 14.6 Å². The first-order chi connectivity index (χ1) is 5.67. The van der Waals surface area contributed by atoms with Crippen molar-refractivity contribution in [3.8, 4) is 0 Å². The summed E-state index contributed by atoms with van der Waals surface area (Å²) < 4.78 is 3.82. The van der Waals surface area contributed by atoms with Gasteiger partial charge < -0.3 is 4.74 Å². The molecule has 0 radical (unpaired) electrons. The number of hydrogen-bond acceptors (Lipinski definition) is 2. The van der Waals surface area contributed by atoms with Gasteiger partial charge in [0.1, 0.15) is 10.9 Å². The maximum atomic E-state index is 10.6. The molecule has 0 aromatic rings. The van der Waals surface area contributed by atoms with Gasteiger partial charge >= 0.3 is 5.97 Å². The SMILES string of the molecule is CC(=O)OC[C@@]1(C)C(Cl)(Cl)[C@@]1(C)Cl. The van der Waals surface area contributed by atoms with E-state index in [9.17, 15) is 4.79 Å². The molecule has 1 saturated carbocycles. The van der Waals surface area contributed by atoms with Gasteiger partial charge in [-0.1, -0.05) is 30.1 Å². The van der Waals surface area contributed by atoms with Crippen LogP contribution < -0.4 is 0 Å². The number of halogens is 3. The number of ether oxygens (including phenoxy) is 1. The van der Waals surface area contributed by atoms with Gasteiger partial charge in [0.05, 0.1) is 10.3 Å². The summed E-state index contributed by atoms with van der Waals surface area (Å²) in [4.78, 5) is 9.85. The van der Waals surface area contributed by atoms with Crippen LogP contribution in [0.4, 0.5) is 0 Å². The second kappa shape index (κ2) is 2.91. The van der Waals surface area contributed by atoms with E-state index in [1.165, 1.54) is 6.92 Å². The predicted molar refractivity (Wildman–Crippen MR) is 53.4 cm³/mol. The fraction of sp³-hybridized carbons (Fsp3) is 0.875. The second-order valence-electron chi connectivity index (χ2n) is 3.69. The zero-order valence-corrected chi connectivity index (χ0v) is 9.93. The predicted octanol–water partition coefficient (Wildman–Crippen LogP) is 2.74. The average molecular weight is 246 g/mol. The van der Waals surface area contributed by atoms with Gasteiger partial charge in [-0.25, -0.2) is 0 Å². The van der Waals surface area contributed by atoms with Crippen LogP contribution in [0.3, 0.4) is 0 Å². The quantitative estimate of drug-likeness (QED) is 0.552. The minimum absolute atomic E-state index is 0.148. The van der Waals surface area contributed by atoms with E-state index in [1.807, 2.05) is 0 Å². The van der Waals surface area contributed by atoms with Crippen molar-refractivity contribution >= 4 is 40.8 Å². The maximum Gasteiger partial charge on any atom is 0.302 e. The highest BCUT2D eigenvalue weighted by Gasteiger charge is 2.82. The number of hydrogen-bond donors (Lipinski definition) is 0. The van der Waals surface area contributed by atoms with Crippen molar-refractivity contribution in [2.45, 2.75) is 30.0 Å². The summed E-state index contributed by atoms with van der Waals surface area (Å²) in [5.74, 6) is -0.357. The Morgan fingerprint density at radius 3 is 1.92 bits per heavy atom. The monoisotopic (exact) mass is 244 g/mol. The smallest absolute Gasteiger partial charge is 0.302 e. The molecule has 76 valence electrons. The fourth-order valence-corrected chi connectivity index (χ4v) is 2.56. The minimum atomic E-state index is -1.03. The lowest BCUT2D eigenvalue weighted by Gasteiger charge is -2.11. The molecule has 1 aliphatic carbocycles. The van der Waals surface area contributed by atoms with E-state index in [2.05, 4.69) is 0 Å². The standard InChI is InChI=1S/C8H11Cl3O2/c1-5(12)13-4-6(2)7(3,9)8(6,10)11/h4H2,1-3H3/t6-,7+/m1/s1. The zero-order chi connectivity index (χ0) is 10.5. The molecule has 2 nitrogen and oxygen atoms in total. The van der Waals surface area contributed by atoms with E-state index in [-0.39, 0.29) is 12.6 Å². The minimum Gasteiger partial charge on any atom is -0.465 e. The van der Waals surface area contributed by atoms with E-state index in [0.717, 1.165) is 0 Å². The highest BCUT2D eigenvalue weighted by atomic mass is 35.5. The third-order valence-electron chi connectivity index (χ3n) is 2.82. The summed E-state index contributed by atoms with van der Waals surface area (Å²) in [6.07, 6.45) is 0. The first-order valence-electron chi connectivity index (χ1n) is 3.87. The molecule has 1 fully saturated rings. The van der Waals surface area contributed by atoms with Crippen molar-refractivity contribution in [3.05, 3.63) is 0 Å². The molecule has 0 amide bonds. The van der Waals surface area contributed by atoms with Gasteiger partial charge in [-0.05, 0) is 6.92 Å². The summed E-state index contributed by atoms with van der Waals surface area (Å²) in [6, 6.07) is 0. The Bertz CT molecular complexity index is 234. The molecule has 5 heteroatoms. The van der Waals surface area contributed by atoms with Crippen molar-refractivity contribution in [2.75, 3.05) is 6.61 Å². The second-order valence-corrected chi connectivity index (χ2v) is 5.77. The average Bonchev–Trinajstić information content (AvgIpc) is 2.26. The van der Waals surface area contributed by atoms with Crippen molar-refractivity contribution in [3.63, 3.8) is 0 Å². The van der Waals surface area contributed by atoms with Crippen molar-refractivity contribution in [2.24, 2.45) is 5.41 Å². The Hall–Kier alpha value is 0.340. The number of alkyl halides is 3. The molecule has 0 aliphatic heterocycles. The van der Waals surface area contributed by atoms with Gasteiger partial charge in [0.25, 0.3) is 0 Å². The van der Waals surface area contributed by atoms with Crippen LogP contribution in [0.25, 0.3) is 0 Å².